The minimum Gasteiger partial charge on any atom is -0.344 e. The molecule has 0 saturated heterocycles. The SMILES string of the molecule is COC(CC(C)C#N)(OC)SSSSC(CC(C)C#N)(OC)OC. The Morgan fingerprint density at radius 2 is 1.04 bits per heavy atom. The van der Waals surface area contributed by atoms with Crippen LogP contribution in [0.15, 0.2) is 0 Å². The molecule has 0 aliphatic heterocycles. The first-order valence-corrected chi connectivity index (χ1v) is 11.9. The van der Waals surface area contributed by atoms with E-state index in [1.54, 1.807) is 28.4 Å². The van der Waals surface area contributed by atoms with Crippen molar-refractivity contribution in [1.82, 2.24) is 0 Å². The number of hydrogen-bond acceptors (Lipinski definition) is 10. The van der Waals surface area contributed by atoms with Gasteiger partial charge in [-0.1, -0.05) is 0 Å². The molecule has 0 fully saturated rings. The van der Waals surface area contributed by atoms with Crippen molar-refractivity contribution in [3.8, 4) is 12.1 Å². The van der Waals surface area contributed by atoms with Crippen LogP contribution < -0.4 is 0 Å². The summed E-state index contributed by atoms with van der Waals surface area (Å²) >= 11 is 0. The minimum absolute atomic E-state index is 0.191. The molecule has 0 aromatic rings. The van der Waals surface area contributed by atoms with Crippen molar-refractivity contribution >= 4 is 41.2 Å². The molecular weight excluding hydrogens is 388 g/mol. The average Bonchev–Trinajstić information content (AvgIpc) is 2.62. The monoisotopic (exact) mass is 412 g/mol. The van der Waals surface area contributed by atoms with E-state index in [0.29, 0.717) is 12.8 Å². The highest BCUT2D eigenvalue weighted by molar-refractivity contribution is 9.26. The van der Waals surface area contributed by atoms with Crippen LogP contribution in [0.4, 0.5) is 0 Å². The van der Waals surface area contributed by atoms with Crippen LogP contribution >= 0.6 is 41.2 Å². The summed E-state index contributed by atoms with van der Waals surface area (Å²) in [6.45, 7) is 3.65. The maximum absolute atomic E-state index is 8.99. The fourth-order valence-electron chi connectivity index (χ4n) is 1.68. The number of nitrogens with zero attached hydrogens (tertiary/aromatic N) is 2. The molecule has 2 unspecified atom stereocenters. The Morgan fingerprint density at radius 1 is 0.750 bits per heavy atom. The van der Waals surface area contributed by atoms with Crippen LogP contribution in [0, 0.1) is 34.5 Å². The van der Waals surface area contributed by atoms with Crippen LogP contribution in [0.1, 0.15) is 26.7 Å². The first-order valence-electron chi connectivity index (χ1n) is 7.06. The zero-order chi connectivity index (χ0) is 18.6. The third-order valence-electron chi connectivity index (χ3n) is 3.15. The Hall–Kier alpha value is 0.220. The topological polar surface area (TPSA) is 84.5 Å². The molecule has 24 heavy (non-hydrogen) atoms. The van der Waals surface area contributed by atoms with Crippen LogP contribution in [-0.2, 0) is 18.9 Å². The van der Waals surface area contributed by atoms with Gasteiger partial charge in [0.05, 0.1) is 12.1 Å². The number of hydrogen-bond donors (Lipinski definition) is 0. The third-order valence-corrected chi connectivity index (χ3v) is 10.2. The predicted octanol–water partition coefficient (Wildman–Crippen LogP) is 4.66. The van der Waals surface area contributed by atoms with Crippen LogP contribution in [-0.4, -0.2) is 38.7 Å². The Kier molecular flexibility index (Phi) is 12.7. The molecule has 0 aliphatic carbocycles. The molecule has 2 atom stereocenters. The van der Waals surface area contributed by atoms with E-state index in [0.717, 1.165) is 0 Å². The summed E-state index contributed by atoms with van der Waals surface area (Å²) < 4.78 is 21.9. The normalized spacial score (nSPS) is 14.7. The van der Waals surface area contributed by atoms with E-state index < -0.39 is 10.2 Å². The van der Waals surface area contributed by atoms with E-state index in [1.807, 2.05) is 13.8 Å². The summed E-state index contributed by atoms with van der Waals surface area (Å²) in [4.78, 5) is 0. The fourth-order valence-corrected chi connectivity index (χ4v) is 8.73. The Labute approximate surface area is 159 Å². The fraction of sp³-hybridized carbons (Fsp3) is 0.857. The molecule has 0 bridgehead atoms. The summed E-state index contributed by atoms with van der Waals surface area (Å²) in [6, 6.07) is 4.37. The molecule has 0 heterocycles. The lowest BCUT2D eigenvalue weighted by Gasteiger charge is -2.31. The Balaban J connectivity index is 4.64. The van der Waals surface area contributed by atoms with E-state index in [1.165, 1.54) is 41.2 Å². The second-order valence-corrected chi connectivity index (χ2v) is 11.1. The van der Waals surface area contributed by atoms with Crippen LogP contribution in [0.5, 0.6) is 0 Å². The molecule has 0 N–H and O–H groups in total. The summed E-state index contributed by atoms with van der Waals surface area (Å²) in [5, 5.41) is 16.2. The van der Waals surface area contributed by atoms with Gasteiger partial charge < -0.3 is 18.9 Å². The molecule has 0 saturated carbocycles. The van der Waals surface area contributed by atoms with Gasteiger partial charge in [-0.3, -0.25) is 0 Å². The summed E-state index contributed by atoms with van der Waals surface area (Å²) in [5.41, 5.74) is 0. The van der Waals surface area contributed by atoms with Crippen LogP contribution in [0.25, 0.3) is 0 Å². The largest absolute Gasteiger partial charge is 0.344 e. The molecular formula is C14H24N2O4S4. The summed E-state index contributed by atoms with van der Waals surface area (Å²) in [5.74, 6) is -0.381. The van der Waals surface area contributed by atoms with Crippen molar-refractivity contribution in [3.63, 3.8) is 0 Å². The number of rotatable bonds is 13. The highest BCUT2D eigenvalue weighted by Gasteiger charge is 2.36. The van der Waals surface area contributed by atoms with Gasteiger partial charge in [-0.05, 0) is 55.1 Å². The molecule has 0 aliphatic rings. The highest BCUT2D eigenvalue weighted by atomic mass is 33.7. The van der Waals surface area contributed by atoms with Crippen molar-refractivity contribution in [2.45, 2.75) is 36.9 Å². The molecule has 6 nitrogen and oxygen atoms in total. The maximum Gasteiger partial charge on any atom is 0.229 e. The van der Waals surface area contributed by atoms with Gasteiger partial charge in [0.1, 0.15) is 0 Å². The van der Waals surface area contributed by atoms with Gasteiger partial charge in [-0.2, -0.15) is 10.5 Å². The quantitative estimate of drug-likeness (QED) is 0.242. The molecule has 0 rings (SSSR count). The van der Waals surface area contributed by atoms with Gasteiger partial charge in [0, 0.05) is 53.1 Å². The van der Waals surface area contributed by atoms with Crippen molar-refractivity contribution in [2.75, 3.05) is 28.4 Å². The van der Waals surface area contributed by atoms with Crippen molar-refractivity contribution < 1.29 is 18.9 Å². The zero-order valence-electron chi connectivity index (χ0n) is 14.7. The standard InChI is InChI=1S/C14H24N2O4S4/c1-11(9-15)7-13(17-3,18-4)21-23-24-22-14(19-5,20-6)8-12(2)10-16/h11-12H,7-8H2,1-6H3. The van der Waals surface area contributed by atoms with Crippen molar-refractivity contribution in [3.05, 3.63) is 0 Å². The van der Waals surface area contributed by atoms with E-state index in [4.69, 9.17) is 29.5 Å². The molecule has 0 aromatic heterocycles. The predicted molar refractivity (Wildman–Crippen MR) is 103 cm³/mol. The van der Waals surface area contributed by atoms with Gasteiger partial charge in [-0.25, -0.2) is 0 Å². The second-order valence-electron chi connectivity index (χ2n) is 4.95. The first kappa shape index (κ1) is 24.2. The van der Waals surface area contributed by atoms with E-state index in [-0.39, 0.29) is 11.8 Å². The third kappa shape index (κ3) is 8.07. The molecule has 0 aromatic carbocycles. The van der Waals surface area contributed by atoms with Gasteiger partial charge in [0.25, 0.3) is 0 Å². The number of methoxy groups -OCH3 is 4. The lowest BCUT2D eigenvalue weighted by molar-refractivity contribution is -0.140. The Morgan fingerprint density at radius 3 is 1.25 bits per heavy atom. The van der Waals surface area contributed by atoms with E-state index in [2.05, 4.69) is 12.1 Å². The lowest BCUT2D eigenvalue weighted by Crippen LogP contribution is -2.31. The lowest BCUT2D eigenvalue weighted by atomic mass is 10.1. The summed E-state index contributed by atoms with van der Waals surface area (Å²) in [6.07, 6.45) is 0.898. The number of ether oxygens (including phenoxy) is 4. The molecule has 0 spiro atoms. The Bertz CT molecular complexity index is 393. The average molecular weight is 413 g/mol. The summed E-state index contributed by atoms with van der Waals surface area (Å²) in [7, 11) is 11.9. The van der Waals surface area contributed by atoms with Crippen LogP contribution in [0.3, 0.4) is 0 Å². The van der Waals surface area contributed by atoms with Gasteiger partial charge >= 0.3 is 0 Å². The highest BCUT2D eigenvalue weighted by Crippen LogP contribution is 2.55. The van der Waals surface area contributed by atoms with E-state index in [9.17, 15) is 0 Å². The van der Waals surface area contributed by atoms with Gasteiger partial charge in [0.15, 0.2) is 0 Å². The van der Waals surface area contributed by atoms with E-state index >= 15 is 0 Å². The maximum atomic E-state index is 8.99. The van der Waals surface area contributed by atoms with Gasteiger partial charge in [0.2, 0.25) is 10.2 Å². The molecule has 10 heteroatoms. The zero-order valence-corrected chi connectivity index (χ0v) is 18.0. The van der Waals surface area contributed by atoms with Gasteiger partial charge in [-0.15, -0.1) is 0 Å². The van der Waals surface area contributed by atoms with Crippen molar-refractivity contribution in [2.24, 2.45) is 11.8 Å². The first-order chi connectivity index (χ1) is 11.4. The number of nitriles is 2. The van der Waals surface area contributed by atoms with Crippen molar-refractivity contribution in [1.29, 1.82) is 10.5 Å². The second kappa shape index (κ2) is 12.6. The van der Waals surface area contributed by atoms with Crippen LogP contribution in [0.2, 0.25) is 0 Å². The molecule has 138 valence electrons. The minimum atomic E-state index is -0.893. The molecule has 0 radical (unpaired) electrons. The molecule has 0 amide bonds. The smallest absolute Gasteiger partial charge is 0.229 e.